The van der Waals surface area contributed by atoms with Gasteiger partial charge in [0.05, 0.1) is 18.4 Å². The number of urea groups is 1. The van der Waals surface area contributed by atoms with E-state index in [2.05, 4.69) is 15.6 Å². The molecule has 2 fully saturated rings. The van der Waals surface area contributed by atoms with Crippen LogP contribution in [0, 0.1) is 5.92 Å². The van der Waals surface area contributed by atoms with Gasteiger partial charge in [-0.3, -0.25) is 0 Å². The number of piperidine rings is 1. The van der Waals surface area contributed by atoms with Gasteiger partial charge in [0.1, 0.15) is 5.69 Å². The van der Waals surface area contributed by atoms with E-state index in [1.165, 1.54) is 19.3 Å². The highest BCUT2D eigenvalue weighted by Gasteiger charge is 2.37. The Kier molecular flexibility index (Phi) is 4.19. The molecule has 0 bridgehead atoms. The van der Waals surface area contributed by atoms with Crippen molar-refractivity contribution in [3.8, 4) is 5.69 Å². The third kappa shape index (κ3) is 3.00. The van der Waals surface area contributed by atoms with Crippen LogP contribution < -0.4 is 5.32 Å². The van der Waals surface area contributed by atoms with Crippen LogP contribution in [0.15, 0.2) is 36.5 Å². The van der Waals surface area contributed by atoms with Gasteiger partial charge in [0.15, 0.2) is 0 Å². The number of aromatic nitrogens is 3. The maximum atomic E-state index is 12.6. The van der Waals surface area contributed by atoms with Crippen molar-refractivity contribution < 1.29 is 4.79 Å². The molecule has 1 saturated carbocycles. The lowest BCUT2D eigenvalue weighted by molar-refractivity contribution is 0.128. The van der Waals surface area contributed by atoms with E-state index in [1.807, 2.05) is 41.4 Å². The Balaban J connectivity index is 1.37. The van der Waals surface area contributed by atoms with Crippen LogP contribution in [-0.4, -0.2) is 38.5 Å². The zero-order valence-electron chi connectivity index (χ0n) is 13.8. The van der Waals surface area contributed by atoms with E-state index in [-0.39, 0.29) is 6.03 Å². The summed E-state index contributed by atoms with van der Waals surface area (Å²) in [4.78, 5) is 14.6. The van der Waals surface area contributed by atoms with Crippen LogP contribution in [0.2, 0.25) is 0 Å². The second kappa shape index (κ2) is 6.63. The van der Waals surface area contributed by atoms with Crippen LogP contribution in [0.5, 0.6) is 0 Å². The lowest BCUT2D eigenvalue weighted by Gasteiger charge is -2.37. The number of likely N-dealkylation sites (tertiary alicyclic amines) is 1. The number of carbonyl (C=O) groups excluding carboxylic acids is 1. The van der Waals surface area contributed by atoms with Gasteiger partial charge < -0.3 is 10.2 Å². The van der Waals surface area contributed by atoms with Crippen molar-refractivity contribution in [2.75, 3.05) is 6.54 Å². The molecule has 1 saturated heterocycles. The summed E-state index contributed by atoms with van der Waals surface area (Å²) < 4.78 is 1.73. The second-order valence-corrected chi connectivity index (χ2v) is 6.74. The fourth-order valence-corrected chi connectivity index (χ4v) is 4.06. The molecular formula is C18H23N5O. The van der Waals surface area contributed by atoms with Gasteiger partial charge in [-0.15, -0.1) is 5.10 Å². The molecule has 2 aromatic rings. The molecule has 4 rings (SSSR count). The quantitative estimate of drug-likeness (QED) is 0.944. The topological polar surface area (TPSA) is 63.1 Å². The summed E-state index contributed by atoms with van der Waals surface area (Å²) in [6, 6.07) is 10.3. The molecule has 1 aliphatic heterocycles. The van der Waals surface area contributed by atoms with E-state index in [0.717, 1.165) is 30.8 Å². The Bertz CT molecular complexity index is 698. The number of nitrogens with one attached hydrogen (secondary N) is 1. The summed E-state index contributed by atoms with van der Waals surface area (Å²) in [6.45, 7) is 1.29. The smallest absolute Gasteiger partial charge is 0.317 e. The van der Waals surface area contributed by atoms with Crippen LogP contribution in [-0.2, 0) is 6.54 Å². The van der Waals surface area contributed by atoms with Crippen molar-refractivity contribution in [1.82, 2.24) is 25.2 Å². The van der Waals surface area contributed by atoms with Gasteiger partial charge in [0.25, 0.3) is 0 Å². The van der Waals surface area contributed by atoms with Gasteiger partial charge in [-0.1, -0.05) is 29.8 Å². The summed E-state index contributed by atoms with van der Waals surface area (Å²) >= 11 is 0. The minimum absolute atomic E-state index is 0.0425. The van der Waals surface area contributed by atoms with Gasteiger partial charge in [-0.2, -0.15) is 0 Å². The zero-order valence-corrected chi connectivity index (χ0v) is 13.8. The molecule has 2 aliphatic rings. The molecule has 6 nitrogen and oxygen atoms in total. The lowest BCUT2D eigenvalue weighted by Crippen LogP contribution is -2.50. The number of rotatable bonds is 3. The number of amides is 2. The third-order valence-corrected chi connectivity index (χ3v) is 5.24. The van der Waals surface area contributed by atoms with Crippen LogP contribution in [0.25, 0.3) is 5.69 Å². The molecule has 0 radical (unpaired) electrons. The summed E-state index contributed by atoms with van der Waals surface area (Å²) in [5.41, 5.74) is 1.74. The predicted molar refractivity (Wildman–Crippen MR) is 90.7 cm³/mol. The molecule has 24 heavy (non-hydrogen) atoms. The highest BCUT2D eigenvalue weighted by Crippen LogP contribution is 2.36. The molecular weight excluding hydrogens is 302 g/mol. The first-order valence-electron chi connectivity index (χ1n) is 8.82. The minimum atomic E-state index is 0.0425. The van der Waals surface area contributed by atoms with E-state index >= 15 is 0 Å². The van der Waals surface area contributed by atoms with Crippen LogP contribution in [0.3, 0.4) is 0 Å². The first-order chi connectivity index (χ1) is 11.8. The fraction of sp³-hybridized carbons (Fsp3) is 0.500. The van der Waals surface area contributed by atoms with Crippen LogP contribution in [0.4, 0.5) is 4.79 Å². The molecule has 1 aliphatic carbocycles. The van der Waals surface area contributed by atoms with Gasteiger partial charge in [-0.05, 0) is 43.7 Å². The molecule has 0 spiro atoms. The zero-order chi connectivity index (χ0) is 16.4. The average molecular weight is 325 g/mol. The van der Waals surface area contributed by atoms with Crippen molar-refractivity contribution in [3.05, 3.63) is 42.2 Å². The summed E-state index contributed by atoms with van der Waals surface area (Å²) in [5, 5.41) is 11.3. The van der Waals surface area contributed by atoms with Gasteiger partial charge in [-0.25, -0.2) is 9.48 Å². The molecule has 2 amide bonds. The Morgan fingerprint density at radius 2 is 2.00 bits per heavy atom. The highest BCUT2D eigenvalue weighted by atomic mass is 16.2. The average Bonchev–Trinajstić information content (AvgIpc) is 3.29. The largest absolute Gasteiger partial charge is 0.332 e. The number of para-hydroxylation sites is 1. The number of fused-ring (bicyclic) bond motifs is 1. The van der Waals surface area contributed by atoms with E-state index in [4.69, 9.17) is 0 Å². The van der Waals surface area contributed by atoms with Crippen molar-refractivity contribution in [1.29, 1.82) is 0 Å². The molecule has 2 heterocycles. The van der Waals surface area contributed by atoms with E-state index in [1.54, 1.807) is 4.68 Å². The highest BCUT2D eigenvalue weighted by molar-refractivity contribution is 5.74. The Morgan fingerprint density at radius 3 is 2.88 bits per heavy atom. The number of hydrogen-bond acceptors (Lipinski definition) is 3. The third-order valence-electron chi connectivity index (χ3n) is 5.24. The summed E-state index contributed by atoms with van der Waals surface area (Å²) in [6.07, 6.45) is 7.95. The normalized spacial score (nSPS) is 23.1. The Hall–Kier alpha value is -2.37. The fourth-order valence-electron chi connectivity index (χ4n) is 4.06. The molecule has 2 atom stereocenters. The number of nitrogens with zero attached hydrogens (tertiary/aromatic N) is 4. The van der Waals surface area contributed by atoms with Crippen molar-refractivity contribution in [2.45, 2.75) is 44.7 Å². The molecule has 1 N–H and O–H groups in total. The van der Waals surface area contributed by atoms with E-state index < -0.39 is 0 Å². The SMILES string of the molecule is O=C(NCc1cn(-c2ccccc2)nn1)N1CCC[C@H]2CCC[C@H]21. The standard InChI is InChI=1S/C18H23N5O/c24-18(22-11-5-7-14-6-4-10-17(14)22)19-12-15-13-23(21-20-15)16-8-2-1-3-9-16/h1-3,8-9,13-14,17H,4-7,10-12H2,(H,19,24)/t14-,17-/m1/s1. The van der Waals surface area contributed by atoms with Gasteiger partial charge >= 0.3 is 6.03 Å². The molecule has 0 unspecified atom stereocenters. The van der Waals surface area contributed by atoms with Gasteiger partial charge in [0.2, 0.25) is 0 Å². The van der Waals surface area contributed by atoms with Gasteiger partial charge in [0, 0.05) is 12.6 Å². The maximum Gasteiger partial charge on any atom is 0.317 e. The maximum absolute atomic E-state index is 12.6. The number of benzene rings is 1. The first kappa shape index (κ1) is 15.2. The Morgan fingerprint density at radius 1 is 1.17 bits per heavy atom. The van der Waals surface area contributed by atoms with Crippen LogP contribution in [0.1, 0.15) is 37.8 Å². The van der Waals surface area contributed by atoms with Crippen molar-refractivity contribution in [3.63, 3.8) is 0 Å². The monoisotopic (exact) mass is 325 g/mol. The van der Waals surface area contributed by atoms with Crippen LogP contribution >= 0.6 is 0 Å². The lowest BCUT2D eigenvalue weighted by atomic mass is 9.92. The number of carbonyl (C=O) groups is 1. The predicted octanol–water partition coefficient (Wildman–Crippen LogP) is 2.74. The minimum Gasteiger partial charge on any atom is -0.332 e. The molecule has 1 aromatic carbocycles. The summed E-state index contributed by atoms with van der Waals surface area (Å²) in [5.74, 6) is 0.712. The summed E-state index contributed by atoms with van der Waals surface area (Å²) in [7, 11) is 0. The first-order valence-corrected chi connectivity index (χ1v) is 8.82. The van der Waals surface area contributed by atoms with Crippen molar-refractivity contribution >= 4 is 6.03 Å². The van der Waals surface area contributed by atoms with Crippen molar-refractivity contribution in [2.24, 2.45) is 5.92 Å². The molecule has 6 heteroatoms. The molecule has 1 aromatic heterocycles. The van der Waals surface area contributed by atoms with E-state index in [0.29, 0.717) is 18.5 Å². The molecule has 126 valence electrons. The second-order valence-electron chi connectivity index (χ2n) is 6.74. The number of hydrogen-bond donors (Lipinski definition) is 1. The Labute approximate surface area is 141 Å². The van der Waals surface area contributed by atoms with E-state index in [9.17, 15) is 4.79 Å².